The van der Waals surface area contributed by atoms with Crippen LogP contribution in [0.25, 0.3) is 0 Å². The van der Waals surface area contributed by atoms with E-state index < -0.39 is 5.97 Å². The van der Waals surface area contributed by atoms with Crippen LogP contribution in [0.5, 0.6) is 5.75 Å². The minimum Gasteiger partial charge on any atom is -0.489 e. The molecule has 138 valence electrons. The fraction of sp³-hybridized carbons (Fsp3) is 0.300. The number of unbranched alkanes of at least 4 members (excludes halogenated alkanes) is 2. The Labute approximate surface area is 151 Å². The Morgan fingerprint density at radius 2 is 1.85 bits per heavy atom. The first-order valence-electron chi connectivity index (χ1n) is 8.52. The molecule has 2 N–H and O–H groups in total. The summed E-state index contributed by atoms with van der Waals surface area (Å²) in [5, 5.41) is 11.4. The number of carbonyl (C=O) groups excluding carboxylic acids is 1. The third-order valence-electron chi connectivity index (χ3n) is 3.74. The highest BCUT2D eigenvalue weighted by atomic mass is 19.1. The summed E-state index contributed by atoms with van der Waals surface area (Å²) >= 11 is 0. The van der Waals surface area contributed by atoms with E-state index in [1.54, 1.807) is 30.3 Å². The lowest BCUT2D eigenvalue weighted by molar-refractivity contribution is -0.137. The molecule has 2 aromatic carbocycles. The lowest BCUT2D eigenvalue weighted by atomic mass is 10.1. The number of carbonyl (C=O) groups is 2. The van der Waals surface area contributed by atoms with E-state index in [0.717, 1.165) is 18.4 Å². The standard InChI is InChI=1S/C20H22FNO4/c21-17-8-5-9-18(13-17)26-14-15-6-4-7-16(12-15)20(25)22-11-3-1-2-10-19(23)24/h4-9,12-13H,1-3,10-11,14H2,(H,22,25)(H,23,24). The Hall–Kier alpha value is -2.89. The molecule has 2 rings (SSSR count). The van der Waals surface area contributed by atoms with Crippen molar-refractivity contribution in [1.82, 2.24) is 5.32 Å². The third-order valence-corrected chi connectivity index (χ3v) is 3.74. The van der Waals surface area contributed by atoms with E-state index in [4.69, 9.17) is 9.84 Å². The molecule has 0 spiro atoms. The zero-order valence-corrected chi connectivity index (χ0v) is 14.4. The first-order valence-corrected chi connectivity index (χ1v) is 8.52. The number of benzene rings is 2. The number of hydrogen-bond acceptors (Lipinski definition) is 3. The second kappa shape index (κ2) is 10.2. The minimum absolute atomic E-state index is 0.154. The van der Waals surface area contributed by atoms with Gasteiger partial charge >= 0.3 is 5.97 Å². The monoisotopic (exact) mass is 359 g/mol. The van der Waals surface area contributed by atoms with Gasteiger partial charge in [-0.25, -0.2) is 4.39 Å². The lowest BCUT2D eigenvalue weighted by Crippen LogP contribution is -2.24. The molecular weight excluding hydrogens is 337 g/mol. The highest BCUT2D eigenvalue weighted by molar-refractivity contribution is 5.94. The Balaban J connectivity index is 1.78. The van der Waals surface area contributed by atoms with Gasteiger partial charge < -0.3 is 15.2 Å². The molecule has 1 amide bonds. The van der Waals surface area contributed by atoms with Crippen LogP contribution in [0.2, 0.25) is 0 Å². The summed E-state index contributed by atoms with van der Waals surface area (Å²) in [4.78, 5) is 22.6. The van der Waals surface area contributed by atoms with Crippen LogP contribution in [-0.2, 0) is 11.4 Å². The predicted octanol–water partition coefficient (Wildman–Crippen LogP) is 3.78. The first kappa shape index (κ1) is 19.4. The molecule has 0 bridgehead atoms. The van der Waals surface area contributed by atoms with E-state index >= 15 is 0 Å². The van der Waals surface area contributed by atoms with Crippen molar-refractivity contribution in [2.45, 2.75) is 32.3 Å². The molecule has 0 heterocycles. The molecule has 0 aliphatic heterocycles. The van der Waals surface area contributed by atoms with Gasteiger partial charge in [0.05, 0.1) is 0 Å². The third kappa shape index (κ3) is 6.93. The molecule has 5 nitrogen and oxygen atoms in total. The molecule has 0 saturated heterocycles. The highest BCUT2D eigenvalue weighted by Gasteiger charge is 2.06. The second-order valence-corrected chi connectivity index (χ2v) is 5.91. The Bertz CT molecular complexity index is 748. The van der Waals surface area contributed by atoms with Gasteiger partial charge in [-0.3, -0.25) is 9.59 Å². The SMILES string of the molecule is O=C(O)CCCCCNC(=O)c1cccc(COc2cccc(F)c2)c1. The van der Waals surface area contributed by atoms with E-state index in [1.807, 2.05) is 6.07 Å². The summed E-state index contributed by atoms with van der Waals surface area (Å²) in [5.74, 6) is -0.914. The molecule has 0 atom stereocenters. The second-order valence-electron chi connectivity index (χ2n) is 5.91. The summed E-state index contributed by atoms with van der Waals surface area (Å²) in [5.41, 5.74) is 1.33. The Kier molecular flexibility index (Phi) is 7.61. The number of carboxylic acid groups (broad SMARTS) is 1. The normalized spacial score (nSPS) is 10.3. The number of carboxylic acids is 1. The van der Waals surface area contributed by atoms with Crippen LogP contribution < -0.4 is 10.1 Å². The van der Waals surface area contributed by atoms with E-state index in [9.17, 15) is 14.0 Å². The van der Waals surface area contributed by atoms with Crippen molar-refractivity contribution in [2.75, 3.05) is 6.54 Å². The van der Waals surface area contributed by atoms with Crippen molar-refractivity contribution in [1.29, 1.82) is 0 Å². The average Bonchev–Trinajstić information content (AvgIpc) is 2.63. The number of halogens is 1. The number of hydrogen-bond donors (Lipinski definition) is 2. The van der Waals surface area contributed by atoms with Gasteiger partial charge in [-0.1, -0.05) is 24.6 Å². The van der Waals surface area contributed by atoms with Crippen molar-refractivity contribution in [3.05, 3.63) is 65.5 Å². The smallest absolute Gasteiger partial charge is 0.303 e. The van der Waals surface area contributed by atoms with Crippen LogP contribution in [0, 0.1) is 5.82 Å². The molecule has 0 radical (unpaired) electrons. The molecule has 0 aliphatic carbocycles. The van der Waals surface area contributed by atoms with E-state index in [1.165, 1.54) is 12.1 Å². The number of nitrogens with one attached hydrogen (secondary N) is 1. The topological polar surface area (TPSA) is 75.6 Å². The summed E-state index contributed by atoms with van der Waals surface area (Å²) in [7, 11) is 0. The van der Waals surface area contributed by atoms with Crippen LogP contribution in [0.3, 0.4) is 0 Å². The maximum Gasteiger partial charge on any atom is 0.303 e. The largest absolute Gasteiger partial charge is 0.489 e. The van der Waals surface area contributed by atoms with Gasteiger partial charge in [0.25, 0.3) is 5.91 Å². The average molecular weight is 359 g/mol. The fourth-order valence-corrected chi connectivity index (χ4v) is 2.41. The predicted molar refractivity (Wildman–Crippen MR) is 95.6 cm³/mol. The maximum absolute atomic E-state index is 13.1. The zero-order chi connectivity index (χ0) is 18.8. The van der Waals surface area contributed by atoms with Crippen molar-refractivity contribution in [3.8, 4) is 5.75 Å². The number of rotatable bonds is 10. The quantitative estimate of drug-likeness (QED) is 0.633. The summed E-state index contributed by atoms with van der Waals surface area (Å²) in [6.45, 7) is 0.738. The van der Waals surface area contributed by atoms with Gasteiger partial charge in [-0.05, 0) is 42.7 Å². The molecule has 2 aromatic rings. The molecule has 0 aliphatic rings. The van der Waals surface area contributed by atoms with Gasteiger partial charge in [0, 0.05) is 24.6 Å². The van der Waals surface area contributed by atoms with Crippen LogP contribution in [0.4, 0.5) is 4.39 Å². The zero-order valence-electron chi connectivity index (χ0n) is 14.4. The van der Waals surface area contributed by atoms with Crippen LogP contribution in [-0.4, -0.2) is 23.5 Å². The molecule has 0 saturated carbocycles. The van der Waals surface area contributed by atoms with Gasteiger partial charge in [-0.15, -0.1) is 0 Å². The van der Waals surface area contributed by atoms with Crippen molar-refractivity contribution in [3.63, 3.8) is 0 Å². The van der Waals surface area contributed by atoms with Crippen molar-refractivity contribution < 1.29 is 23.8 Å². The lowest BCUT2D eigenvalue weighted by Gasteiger charge is -2.09. The van der Waals surface area contributed by atoms with E-state index in [-0.39, 0.29) is 24.8 Å². The van der Waals surface area contributed by atoms with Gasteiger partial charge in [0.1, 0.15) is 18.2 Å². The summed E-state index contributed by atoms with van der Waals surface area (Å²) in [6, 6.07) is 13.0. The van der Waals surface area contributed by atoms with Gasteiger partial charge in [0.15, 0.2) is 0 Å². The molecule has 6 heteroatoms. The molecule has 26 heavy (non-hydrogen) atoms. The first-order chi connectivity index (χ1) is 12.5. The highest BCUT2D eigenvalue weighted by Crippen LogP contribution is 2.15. The number of ether oxygens (including phenoxy) is 1. The van der Waals surface area contributed by atoms with E-state index in [2.05, 4.69) is 5.32 Å². The molecule has 0 fully saturated rings. The fourth-order valence-electron chi connectivity index (χ4n) is 2.41. The Morgan fingerprint density at radius 3 is 2.62 bits per heavy atom. The minimum atomic E-state index is -0.800. The van der Waals surface area contributed by atoms with Crippen LogP contribution in [0.1, 0.15) is 41.6 Å². The molecular formula is C20H22FNO4. The molecule has 0 aromatic heterocycles. The van der Waals surface area contributed by atoms with Crippen LogP contribution in [0.15, 0.2) is 48.5 Å². The van der Waals surface area contributed by atoms with Crippen molar-refractivity contribution >= 4 is 11.9 Å². The summed E-state index contributed by atoms with van der Waals surface area (Å²) < 4.78 is 18.7. The van der Waals surface area contributed by atoms with Gasteiger partial charge in [0.2, 0.25) is 0 Å². The summed E-state index contributed by atoms with van der Waals surface area (Å²) in [6.07, 6.45) is 2.26. The maximum atomic E-state index is 13.1. The van der Waals surface area contributed by atoms with Crippen molar-refractivity contribution in [2.24, 2.45) is 0 Å². The van der Waals surface area contributed by atoms with E-state index in [0.29, 0.717) is 24.3 Å². The molecule has 0 unspecified atom stereocenters. The Morgan fingerprint density at radius 1 is 1.04 bits per heavy atom. The van der Waals surface area contributed by atoms with Crippen LogP contribution >= 0.6 is 0 Å². The van der Waals surface area contributed by atoms with Gasteiger partial charge in [-0.2, -0.15) is 0 Å². The number of amides is 1. The number of aliphatic carboxylic acids is 1.